The van der Waals surface area contributed by atoms with Crippen molar-refractivity contribution >= 4 is 28.3 Å². The van der Waals surface area contributed by atoms with Gasteiger partial charge in [-0.05, 0) is 56.4 Å². The first-order valence-corrected chi connectivity index (χ1v) is 6.66. The predicted octanol–water partition coefficient (Wildman–Crippen LogP) is 3.97. The van der Waals surface area contributed by atoms with E-state index in [0.29, 0.717) is 5.02 Å². The van der Waals surface area contributed by atoms with Crippen molar-refractivity contribution in [2.24, 2.45) is 0 Å². The zero-order chi connectivity index (χ0) is 12.7. The highest BCUT2D eigenvalue weighted by atomic mass is 35.5. The highest BCUT2D eigenvalue weighted by Gasteiger charge is 2.20. The number of hydrogen-bond acceptors (Lipinski definition) is 2. The SMILES string of the molecule is CC(=O)c1c2c(nc3ccc(Cl)cc13)CCCC2. The van der Waals surface area contributed by atoms with Crippen molar-refractivity contribution in [3.63, 3.8) is 0 Å². The van der Waals surface area contributed by atoms with E-state index in [1.807, 2.05) is 18.2 Å². The number of rotatable bonds is 1. The van der Waals surface area contributed by atoms with Crippen LogP contribution in [0, 0.1) is 0 Å². The Hall–Kier alpha value is -1.41. The second-order valence-electron chi connectivity index (χ2n) is 4.84. The number of pyridine rings is 1. The van der Waals surface area contributed by atoms with Crippen LogP contribution >= 0.6 is 11.6 Å². The molecule has 0 unspecified atom stereocenters. The maximum Gasteiger partial charge on any atom is 0.160 e. The number of fused-ring (bicyclic) bond motifs is 2. The molecule has 18 heavy (non-hydrogen) atoms. The molecule has 92 valence electrons. The molecule has 1 aliphatic carbocycles. The van der Waals surface area contributed by atoms with Crippen LogP contribution in [0.3, 0.4) is 0 Å². The minimum atomic E-state index is 0.114. The number of ketones is 1. The molecule has 0 radical (unpaired) electrons. The summed E-state index contributed by atoms with van der Waals surface area (Å²) in [4.78, 5) is 16.7. The molecular weight excluding hydrogens is 246 g/mol. The van der Waals surface area contributed by atoms with Gasteiger partial charge in [0, 0.05) is 21.7 Å². The Kier molecular flexibility index (Phi) is 2.83. The Balaban J connectivity index is 2.41. The van der Waals surface area contributed by atoms with Crippen LogP contribution in [0.2, 0.25) is 5.02 Å². The fourth-order valence-electron chi connectivity index (χ4n) is 2.80. The fourth-order valence-corrected chi connectivity index (χ4v) is 2.97. The van der Waals surface area contributed by atoms with Gasteiger partial charge in [0.05, 0.1) is 5.52 Å². The van der Waals surface area contributed by atoms with Crippen molar-refractivity contribution in [2.45, 2.75) is 32.6 Å². The quantitative estimate of drug-likeness (QED) is 0.726. The van der Waals surface area contributed by atoms with Crippen molar-refractivity contribution in [3.05, 3.63) is 40.0 Å². The van der Waals surface area contributed by atoms with Crippen LogP contribution in [0.4, 0.5) is 0 Å². The monoisotopic (exact) mass is 259 g/mol. The van der Waals surface area contributed by atoms with Crippen LogP contribution in [0.25, 0.3) is 10.9 Å². The number of carbonyl (C=O) groups excluding carboxylic acids is 1. The van der Waals surface area contributed by atoms with Crippen molar-refractivity contribution < 1.29 is 4.79 Å². The predicted molar refractivity (Wildman–Crippen MR) is 73.4 cm³/mol. The van der Waals surface area contributed by atoms with E-state index in [2.05, 4.69) is 4.98 Å². The average Bonchev–Trinajstić information content (AvgIpc) is 2.35. The van der Waals surface area contributed by atoms with Gasteiger partial charge in [0.25, 0.3) is 0 Å². The molecular formula is C15H14ClNO. The molecule has 2 aromatic rings. The van der Waals surface area contributed by atoms with Gasteiger partial charge in [0.15, 0.2) is 5.78 Å². The zero-order valence-corrected chi connectivity index (χ0v) is 11.0. The molecule has 0 saturated heterocycles. The summed E-state index contributed by atoms with van der Waals surface area (Å²) in [6.07, 6.45) is 4.24. The van der Waals surface area contributed by atoms with Gasteiger partial charge in [0.1, 0.15) is 0 Å². The standard InChI is InChI=1S/C15H14ClNO/c1-9(18)15-11-4-2-3-5-13(11)17-14-7-6-10(16)8-12(14)15/h6-8H,2-5H2,1H3. The van der Waals surface area contributed by atoms with Crippen LogP contribution in [0.5, 0.6) is 0 Å². The molecule has 3 rings (SSSR count). The van der Waals surface area contributed by atoms with Gasteiger partial charge in [-0.1, -0.05) is 11.6 Å². The summed E-state index contributed by atoms with van der Waals surface area (Å²) in [5, 5.41) is 1.55. The topological polar surface area (TPSA) is 30.0 Å². The van der Waals surface area contributed by atoms with Gasteiger partial charge in [-0.15, -0.1) is 0 Å². The zero-order valence-electron chi connectivity index (χ0n) is 10.3. The van der Waals surface area contributed by atoms with E-state index in [1.165, 1.54) is 0 Å². The van der Waals surface area contributed by atoms with E-state index < -0.39 is 0 Å². The molecule has 0 atom stereocenters. The number of Topliss-reactive ketones (excluding diaryl/α,β-unsaturated/α-hetero) is 1. The normalized spacial score (nSPS) is 14.6. The smallest absolute Gasteiger partial charge is 0.160 e. The molecule has 0 bridgehead atoms. The van der Waals surface area contributed by atoms with E-state index in [4.69, 9.17) is 11.6 Å². The van der Waals surface area contributed by atoms with Gasteiger partial charge in [0.2, 0.25) is 0 Å². The van der Waals surface area contributed by atoms with Crippen molar-refractivity contribution in [1.29, 1.82) is 0 Å². The summed E-state index contributed by atoms with van der Waals surface area (Å²) in [5.41, 5.74) is 3.95. The average molecular weight is 260 g/mol. The van der Waals surface area contributed by atoms with Crippen LogP contribution in [-0.2, 0) is 12.8 Å². The molecule has 0 spiro atoms. The third kappa shape index (κ3) is 1.81. The number of aromatic nitrogens is 1. The molecule has 2 nitrogen and oxygen atoms in total. The lowest BCUT2D eigenvalue weighted by molar-refractivity contribution is 0.101. The molecule has 0 amide bonds. The van der Waals surface area contributed by atoms with Gasteiger partial charge in [-0.2, -0.15) is 0 Å². The molecule has 1 aromatic carbocycles. The minimum absolute atomic E-state index is 0.114. The van der Waals surface area contributed by atoms with Crippen molar-refractivity contribution in [3.8, 4) is 0 Å². The number of nitrogens with zero attached hydrogens (tertiary/aromatic N) is 1. The van der Waals surface area contributed by atoms with Crippen LogP contribution in [0.15, 0.2) is 18.2 Å². The van der Waals surface area contributed by atoms with Crippen LogP contribution < -0.4 is 0 Å². The molecule has 1 aromatic heterocycles. The number of aryl methyl sites for hydroxylation is 1. The Morgan fingerprint density at radius 3 is 2.83 bits per heavy atom. The highest BCUT2D eigenvalue weighted by molar-refractivity contribution is 6.31. The molecule has 0 N–H and O–H groups in total. The van der Waals surface area contributed by atoms with Crippen molar-refractivity contribution in [1.82, 2.24) is 4.98 Å². The lowest BCUT2D eigenvalue weighted by Gasteiger charge is -2.19. The molecule has 1 heterocycles. The van der Waals surface area contributed by atoms with E-state index in [1.54, 1.807) is 6.92 Å². The second-order valence-corrected chi connectivity index (χ2v) is 5.27. The number of benzene rings is 1. The Morgan fingerprint density at radius 1 is 1.28 bits per heavy atom. The molecule has 1 aliphatic rings. The third-order valence-electron chi connectivity index (χ3n) is 3.58. The lowest BCUT2D eigenvalue weighted by Crippen LogP contribution is -2.12. The van der Waals surface area contributed by atoms with Gasteiger partial charge in [-0.3, -0.25) is 9.78 Å². The van der Waals surface area contributed by atoms with Gasteiger partial charge in [-0.25, -0.2) is 0 Å². The summed E-state index contributed by atoms with van der Waals surface area (Å²) in [6.45, 7) is 1.63. The summed E-state index contributed by atoms with van der Waals surface area (Å²) in [5.74, 6) is 0.114. The Bertz CT molecular complexity index is 648. The summed E-state index contributed by atoms with van der Waals surface area (Å²) in [7, 11) is 0. The summed E-state index contributed by atoms with van der Waals surface area (Å²) in [6, 6.07) is 5.59. The Morgan fingerprint density at radius 2 is 2.06 bits per heavy atom. The van der Waals surface area contributed by atoms with Crippen LogP contribution in [0.1, 0.15) is 41.4 Å². The first-order valence-electron chi connectivity index (χ1n) is 6.29. The van der Waals surface area contributed by atoms with Crippen molar-refractivity contribution in [2.75, 3.05) is 0 Å². The summed E-state index contributed by atoms with van der Waals surface area (Å²) < 4.78 is 0. The largest absolute Gasteiger partial charge is 0.294 e. The minimum Gasteiger partial charge on any atom is -0.294 e. The highest BCUT2D eigenvalue weighted by Crippen LogP contribution is 2.30. The maximum absolute atomic E-state index is 12.0. The van der Waals surface area contributed by atoms with E-state index >= 15 is 0 Å². The van der Waals surface area contributed by atoms with Crippen LogP contribution in [-0.4, -0.2) is 10.8 Å². The maximum atomic E-state index is 12.0. The third-order valence-corrected chi connectivity index (χ3v) is 3.81. The van der Waals surface area contributed by atoms with Gasteiger partial charge < -0.3 is 0 Å². The molecule has 3 heteroatoms. The summed E-state index contributed by atoms with van der Waals surface area (Å²) >= 11 is 6.04. The Labute approximate surface area is 111 Å². The number of halogens is 1. The molecule has 0 aliphatic heterocycles. The van der Waals surface area contributed by atoms with E-state index in [-0.39, 0.29) is 5.78 Å². The molecule has 0 saturated carbocycles. The lowest BCUT2D eigenvalue weighted by atomic mass is 9.88. The second kappa shape index (κ2) is 4.36. The van der Waals surface area contributed by atoms with E-state index in [9.17, 15) is 4.79 Å². The number of carbonyl (C=O) groups is 1. The number of hydrogen-bond donors (Lipinski definition) is 0. The first kappa shape index (κ1) is 11.7. The fraction of sp³-hybridized carbons (Fsp3) is 0.333. The van der Waals surface area contributed by atoms with Gasteiger partial charge >= 0.3 is 0 Å². The molecule has 0 fully saturated rings. The van der Waals surface area contributed by atoms with E-state index in [0.717, 1.165) is 53.4 Å². The first-order chi connectivity index (χ1) is 8.66.